The van der Waals surface area contributed by atoms with Crippen LogP contribution in [-0.2, 0) is 23.3 Å². The van der Waals surface area contributed by atoms with E-state index in [1.54, 1.807) is 23.3 Å². The molecule has 142 valence electrons. The molecule has 2 atom stereocenters. The number of allylic oxidation sites excluding steroid dienone is 8. The fraction of sp³-hybridized carbons (Fsp3) is 0.500. The average molecular weight is 467 g/mol. The Labute approximate surface area is 181 Å². The second-order valence-corrected chi connectivity index (χ2v) is 5.10. The molecule has 0 saturated carbocycles. The predicted molar refractivity (Wildman–Crippen MR) is 116 cm³/mol. The van der Waals surface area contributed by atoms with Crippen molar-refractivity contribution in [2.24, 2.45) is 11.8 Å². The van der Waals surface area contributed by atoms with Gasteiger partial charge in [-0.1, -0.05) is 39.5 Å². The van der Waals surface area contributed by atoms with E-state index < -0.39 is 0 Å². The van der Waals surface area contributed by atoms with Gasteiger partial charge in [0.15, 0.2) is 0 Å². The van der Waals surface area contributed by atoms with Gasteiger partial charge in [0.25, 0.3) is 0 Å². The molecule has 0 saturated heterocycles. The molecule has 0 aliphatic heterocycles. The van der Waals surface area contributed by atoms with Gasteiger partial charge in [0, 0.05) is 0 Å². The third kappa shape index (κ3) is 30.5. The number of rotatable bonds is 0. The first-order valence-corrected chi connectivity index (χ1v) is 13.7. The van der Waals surface area contributed by atoms with Gasteiger partial charge in [-0.25, -0.2) is 23.3 Å². The molecule has 0 bridgehead atoms. The Morgan fingerprint density at radius 3 is 1.04 bits per heavy atom. The normalized spacial score (nSPS) is 18.1. The van der Waals surface area contributed by atoms with Crippen LogP contribution in [0.4, 0.5) is 0 Å². The first-order chi connectivity index (χ1) is 10.4. The van der Waals surface area contributed by atoms with Gasteiger partial charge in [-0.3, -0.25) is 12.2 Å². The van der Waals surface area contributed by atoms with Crippen LogP contribution < -0.4 is 0 Å². The van der Waals surface area contributed by atoms with Gasteiger partial charge < -0.3 is 12.8 Å². The van der Waals surface area contributed by atoms with E-state index in [4.69, 9.17) is 0 Å². The standard InChI is InChI=1S/2C7H9.2C3H7.2ClH.H2Si.Zr/c2*1-6-3-4-7(2)5-6;2*1-3-2;;;;/h2*3-4,6H,1-2H3;2*3H,1-2H3;2*1H;1H2;/q4*-1;;;;. The van der Waals surface area contributed by atoms with E-state index in [1.165, 1.54) is 11.1 Å². The molecule has 0 aromatic rings. The summed E-state index contributed by atoms with van der Waals surface area (Å²) in [6.45, 7) is 18.4. The first kappa shape index (κ1) is 35.7. The Morgan fingerprint density at radius 2 is 1.00 bits per heavy atom. The molecule has 0 aromatic heterocycles. The van der Waals surface area contributed by atoms with Crippen molar-refractivity contribution in [3.63, 3.8) is 0 Å². The van der Waals surface area contributed by atoms with E-state index >= 15 is 0 Å². The van der Waals surface area contributed by atoms with Crippen LogP contribution >= 0.6 is 24.8 Å². The summed E-state index contributed by atoms with van der Waals surface area (Å²) < 4.78 is 0. The summed E-state index contributed by atoms with van der Waals surface area (Å²) in [5, 5.41) is 0. The zero-order chi connectivity index (χ0) is 18.0. The van der Waals surface area contributed by atoms with E-state index in [0.717, 1.165) is 0 Å². The van der Waals surface area contributed by atoms with Crippen LogP contribution in [0.2, 0.25) is 0 Å². The van der Waals surface area contributed by atoms with Crippen LogP contribution in [0.3, 0.4) is 0 Å². The van der Waals surface area contributed by atoms with Crippen molar-refractivity contribution in [3.05, 3.63) is 60.4 Å². The van der Waals surface area contributed by atoms with Crippen molar-refractivity contribution in [2.75, 3.05) is 0 Å². The van der Waals surface area contributed by atoms with Gasteiger partial charge in [-0.05, 0) is 0 Å². The molecule has 0 spiro atoms. The van der Waals surface area contributed by atoms with Crippen molar-refractivity contribution in [2.45, 2.75) is 55.4 Å². The molecule has 4 heteroatoms. The van der Waals surface area contributed by atoms with Crippen molar-refractivity contribution in [1.29, 1.82) is 0 Å². The molecule has 0 N–H and O–H groups in total. The van der Waals surface area contributed by atoms with Gasteiger partial charge in [-0.15, -0.1) is 24.8 Å². The van der Waals surface area contributed by atoms with Crippen LogP contribution in [0.25, 0.3) is 0 Å². The van der Waals surface area contributed by atoms with Crippen molar-refractivity contribution in [3.8, 4) is 0 Å². The second kappa shape index (κ2) is 28.4. The van der Waals surface area contributed by atoms with E-state index in [1.807, 2.05) is 47.4 Å². The summed E-state index contributed by atoms with van der Waals surface area (Å²) >= 11 is 1.58. The summed E-state index contributed by atoms with van der Waals surface area (Å²) in [5.41, 5.74) is 2.54. The average Bonchev–Trinajstić information content (AvgIpc) is 3.02. The number of hydrogen-bond acceptors (Lipinski definition) is 0. The van der Waals surface area contributed by atoms with Crippen molar-refractivity contribution < 1.29 is 23.3 Å². The van der Waals surface area contributed by atoms with Gasteiger partial charge >= 0.3 is 30.2 Å². The Balaban J connectivity index is -0.0000000671. The molecule has 0 nitrogen and oxygen atoms in total. The van der Waals surface area contributed by atoms with E-state index in [-0.39, 0.29) is 24.8 Å². The first-order valence-electron chi connectivity index (χ1n) is 7.81. The molecular weight excluding hydrogens is 430 g/mol. The van der Waals surface area contributed by atoms with Crippen LogP contribution in [0.5, 0.6) is 0 Å². The summed E-state index contributed by atoms with van der Waals surface area (Å²) in [6, 6.07) is 0. The third-order valence-corrected chi connectivity index (χ3v) is 2.18. The van der Waals surface area contributed by atoms with Crippen LogP contribution in [-0.4, -0.2) is 6.88 Å². The fourth-order valence-corrected chi connectivity index (χ4v) is 1.49. The molecule has 0 amide bonds. The Kier molecular flexibility index (Phi) is 42.3. The van der Waals surface area contributed by atoms with E-state index in [2.05, 4.69) is 64.2 Å². The Morgan fingerprint density at radius 1 is 0.792 bits per heavy atom. The molecular formula is C20H36Cl2SiZr-4. The molecule has 0 fully saturated rings. The van der Waals surface area contributed by atoms with Crippen LogP contribution in [0, 0.1) is 36.8 Å². The zero-order valence-corrected chi connectivity index (χ0v) is 22.1. The Bertz CT molecular complexity index is 327. The monoisotopic (exact) mass is 464 g/mol. The Hall–Kier alpha value is 0.640. The number of hydrogen-bond donors (Lipinski definition) is 0. The van der Waals surface area contributed by atoms with Crippen LogP contribution in [0.15, 0.2) is 35.5 Å². The SMILES string of the molecule is CC1=[C-]C(C)C=C1.CC1=[C-]C(C)C=C1.C[CH-]C.C[CH-]C.Cl.Cl.[SiH2]=[Zr]. The third-order valence-electron chi connectivity index (χ3n) is 2.18. The molecule has 0 aromatic carbocycles. The summed E-state index contributed by atoms with van der Waals surface area (Å²) in [4.78, 5) is 0. The van der Waals surface area contributed by atoms with E-state index in [0.29, 0.717) is 11.8 Å². The minimum absolute atomic E-state index is 0. The predicted octanol–water partition coefficient (Wildman–Crippen LogP) is 6.27. The van der Waals surface area contributed by atoms with E-state index in [9.17, 15) is 0 Å². The van der Waals surface area contributed by atoms with Gasteiger partial charge in [0.1, 0.15) is 0 Å². The van der Waals surface area contributed by atoms with Crippen LogP contribution in [0.1, 0.15) is 55.4 Å². The molecule has 0 heterocycles. The molecule has 0 radical (unpaired) electrons. The molecule has 2 unspecified atom stereocenters. The van der Waals surface area contributed by atoms with Gasteiger partial charge in [-0.2, -0.15) is 39.8 Å². The quantitative estimate of drug-likeness (QED) is 0.292. The molecule has 2 aliphatic carbocycles. The number of halogens is 2. The molecule has 2 rings (SSSR count). The topological polar surface area (TPSA) is 0 Å². The second-order valence-electron chi connectivity index (χ2n) is 5.10. The molecule has 24 heavy (non-hydrogen) atoms. The summed E-state index contributed by atoms with van der Waals surface area (Å²) in [5.74, 6) is 1.11. The molecule has 2 aliphatic rings. The van der Waals surface area contributed by atoms with Gasteiger partial charge in [0.05, 0.1) is 0 Å². The fourth-order valence-electron chi connectivity index (χ4n) is 1.49. The summed E-state index contributed by atoms with van der Waals surface area (Å²) in [7, 11) is 0. The van der Waals surface area contributed by atoms with Crippen molar-refractivity contribution in [1.82, 2.24) is 0 Å². The van der Waals surface area contributed by atoms with Crippen molar-refractivity contribution >= 4 is 31.7 Å². The van der Waals surface area contributed by atoms with Gasteiger partial charge in [0.2, 0.25) is 0 Å². The maximum atomic E-state index is 3.22. The minimum atomic E-state index is 0. The maximum absolute atomic E-state index is 3.22. The summed E-state index contributed by atoms with van der Waals surface area (Å²) in [6.07, 6.45) is 18.9. The zero-order valence-electron chi connectivity index (χ0n) is 16.6.